The molecule has 0 bridgehead atoms. The number of carbonyl (C=O) groups excluding carboxylic acids is 1. The molecule has 2 rings (SSSR count). The molecule has 0 spiro atoms. The lowest BCUT2D eigenvalue weighted by molar-refractivity contribution is -0.146. The summed E-state index contributed by atoms with van der Waals surface area (Å²) < 4.78 is 5.38. The summed E-state index contributed by atoms with van der Waals surface area (Å²) in [6, 6.07) is 7.35. The van der Waals surface area contributed by atoms with Crippen molar-refractivity contribution in [3.63, 3.8) is 0 Å². The van der Waals surface area contributed by atoms with Crippen LogP contribution < -0.4 is 0 Å². The first kappa shape index (κ1) is 13.7. The van der Waals surface area contributed by atoms with E-state index >= 15 is 0 Å². The minimum Gasteiger partial charge on any atom is -0.455 e. The lowest BCUT2D eigenvalue weighted by Gasteiger charge is -2.24. The Labute approximate surface area is 113 Å². The van der Waals surface area contributed by atoms with Crippen molar-refractivity contribution in [2.24, 2.45) is 4.99 Å². The van der Waals surface area contributed by atoms with Crippen LogP contribution in [0.1, 0.15) is 31.9 Å². The van der Waals surface area contributed by atoms with E-state index < -0.39 is 11.6 Å². The van der Waals surface area contributed by atoms with Gasteiger partial charge in [0.2, 0.25) is 0 Å². The van der Waals surface area contributed by atoms with Crippen LogP contribution in [0.25, 0.3) is 0 Å². The topological polar surface area (TPSA) is 58.9 Å². The fourth-order valence-electron chi connectivity index (χ4n) is 2.08. The quantitative estimate of drug-likeness (QED) is 0.825. The molecule has 0 amide bonds. The molecule has 4 heteroatoms. The number of aliphatic imine (C=N–C) groups is 1. The molecule has 1 atom stereocenters. The number of fused-ring (bicyclic) bond motifs is 1. The number of aliphatic hydroxyl groups is 1. The van der Waals surface area contributed by atoms with Crippen LogP contribution in [0, 0.1) is 0 Å². The first-order chi connectivity index (χ1) is 8.90. The van der Waals surface area contributed by atoms with Crippen LogP contribution in [0.2, 0.25) is 0 Å². The Morgan fingerprint density at radius 2 is 2.11 bits per heavy atom. The van der Waals surface area contributed by atoms with Crippen LogP contribution in [0.5, 0.6) is 0 Å². The van der Waals surface area contributed by atoms with Crippen molar-refractivity contribution in [2.75, 3.05) is 6.61 Å². The number of hydrogen-bond acceptors (Lipinski definition) is 4. The Morgan fingerprint density at radius 1 is 1.42 bits per heavy atom. The van der Waals surface area contributed by atoms with E-state index in [0.717, 1.165) is 11.1 Å². The lowest BCUT2D eigenvalue weighted by atomic mass is 9.94. The van der Waals surface area contributed by atoms with Gasteiger partial charge in [-0.15, -0.1) is 0 Å². The summed E-state index contributed by atoms with van der Waals surface area (Å²) in [4.78, 5) is 16.5. The SMILES string of the molecule is CC(C)(C)OC(=O)C1=NC(CO)Cc2ccccc21. The Balaban J connectivity index is 2.36. The standard InChI is InChI=1S/C15H19NO3/c1-15(2,3)19-14(18)13-12-7-5-4-6-10(12)8-11(9-17)16-13/h4-7,11,17H,8-9H2,1-3H3. The average Bonchev–Trinajstić information content (AvgIpc) is 2.35. The summed E-state index contributed by atoms with van der Waals surface area (Å²) in [5.41, 5.74) is 1.59. The molecule has 0 radical (unpaired) electrons. The van der Waals surface area contributed by atoms with Crippen molar-refractivity contribution in [3.05, 3.63) is 35.4 Å². The number of rotatable bonds is 2. The molecule has 0 saturated carbocycles. The second-order valence-electron chi connectivity index (χ2n) is 5.68. The predicted octanol–water partition coefficient (Wildman–Crippen LogP) is 1.73. The Bertz CT molecular complexity index is 514. The molecule has 0 fully saturated rings. The first-order valence-corrected chi connectivity index (χ1v) is 6.41. The summed E-state index contributed by atoms with van der Waals surface area (Å²) in [5.74, 6) is -0.432. The molecule has 0 aromatic heterocycles. The van der Waals surface area contributed by atoms with E-state index in [1.807, 2.05) is 45.0 Å². The molecule has 0 saturated heterocycles. The normalized spacial score (nSPS) is 18.5. The summed E-state index contributed by atoms with van der Waals surface area (Å²) in [6.07, 6.45) is 0.652. The van der Waals surface area contributed by atoms with Gasteiger partial charge in [0.1, 0.15) is 5.60 Å². The number of hydrogen-bond donors (Lipinski definition) is 1. The van der Waals surface area contributed by atoms with Crippen LogP contribution in [-0.2, 0) is 16.0 Å². The van der Waals surface area contributed by atoms with Crippen molar-refractivity contribution >= 4 is 11.7 Å². The maximum atomic E-state index is 12.2. The number of carbonyl (C=O) groups is 1. The number of aliphatic hydroxyl groups excluding tert-OH is 1. The highest BCUT2D eigenvalue weighted by atomic mass is 16.6. The van der Waals surface area contributed by atoms with Gasteiger partial charge in [-0.1, -0.05) is 24.3 Å². The van der Waals surface area contributed by atoms with Crippen LogP contribution in [0.4, 0.5) is 0 Å². The zero-order chi connectivity index (χ0) is 14.0. The molecular weight excluding hydrogens is 242 g/mol. The van der Waals surface area contributed by atoms with E-state index in [1.54, 1.807) is 0 Å². The predicted molar refractivity (Wildman–Crippen MR) is 73.4 cm³/mol. The number of benzene rings is 1. The smallest absolute Gasteiger partial charge is 0.357 e. The van der Waals surface area contributed by atoms with Crippen molar-refractivity contribution in [2.45, 2.75) is 38.8 Å². The third-order valence-electron chi connectivity index (χ3n) is 2.84. The Morgan fingerprint density at radius 3 is 2.74 bits per heavy atom. The van der Waals surface area contributed by atoms with E-state index in [9.17, 15) is 9.90 Å². The highest BCUT2D eigenvalue weighted by molar-refractivity contribution is 6.44. The van der Waals surface area contributed by atoms with Crippen LogP contribution in [0.3, 0.4) is 0 Å². The molecule has 1 aliphatic rings. The van der Waals surface area contributed by atoms with Crippen LogP contribution in [0.15, 0.2) is 29.3 Å². The van der Waals surface area contributed by atoms with Crippen molar-refractivity contribution in [3.8, 4) is 0 Å². The van der Waals surface area contributed by atoms with Crippen molar-refractivity contribution < 1.29 is 14.6 Å². The van der Waals surface area contributed by atoms with E-state index in [1.165, 1.54) is 0 Å². The number of esters is 1. The minimum absolute atomic E-state index is 0.0688. The lowest BCUT2D eigenvalue weighted by Crippen LogP contribution is -2.34. The minimum atomic E-state index is -0.555. The zero-order valence-electron chi connectivity index (χ0n) is 11.5. The van der Waals surface area contributed by atoms with E-state index in [0.29, 0.717) is 12.1 Å². The van der Waals surface area contributed by atoms with Gasteiger partial charge in [0.05, 0.1) is 12.6 Å². The van der Waals surface area contributed by atoms with Gasteiger partial charge in [-0.3, -0.25) is 4.99 Å². The third kappa shape index (κ3) is 3.20. The summed E-state index contributed by atoms with van der Waals surface area (Å²) >= 11 is 0. The van der Waals surface area contributed by atoms with Crippen molar-refractivity contribution in [1.29, 1.82) is 0 Å². The van der Waals surface area contributed by atoms with Crippen LogP contribution in [-0.4, -0.2) is 35.0 Å². The van der Waals surface area contributed by atoms with Gasteiger partial charge in [0, 0.05) is 5.56 Å². The molecule has 102 valence electrons. The van der Waals surface area contributed by atoms with Gasteiger partial charge in [0.25, 0.3) is 0 Å². The molecule has 1 aliphatic heterocycles. The summed E-state index contributed by atoms with van der Waals surface area (Å²) in [6.45, 7) is 5.40. The maximum Gasteiger partial charge on any atom is 0.357 e. The number of nitrogens with zero attached hydrogens (tertiary/aromatic N) is 1. The number of ether oxygens (including phenoxy) is 1. The first-order valence-electron chi connectivity index (χ1n) is 6.41. The van der Waals surface area contributed by atoms with E-state index in [4.69, 9.17) is 4.74 Å². The highest BCUT2D eigenvalue weighted by Crippen LogP contribution is 2.21. The molecule has 4 nitrogen and oxygen atoms in total. The Hall–Kier alpha value is -1.68. The van der Waals surface area contributed by atoms with Gasteiger partial charge in [0.15, 0.2) is 5.71 Å². The van der Waals surface area contributed by atoms with E-state index in [-0.39, 0.29) is 12.6 Å². The zero-order valence-corrected chi connectivity index (χ0v) is 11.5. The van der Waals surface area contributed by atoms with Gasteiger partial charge in [-0.2, -0.15) is 0 Å². The average molecular weight is 261 g/mol. The fraction of sp³-hybridized carbons (Fsp3) is 0.467. The molecule has 1 unspecified atom stereocenters. The molecule has 0 aliphatic carbocycles. The highest BCUT2D eigenvalue weighted by Gasteiger charge is 2.28. The molecule has 1 aromatic carbocycles. The van der Waals surface area contributed by atoms with Gasteiger partial charge in [-0.25, -0.2) is 4.79 Å². The Kier molecular flexibility index (Phi) is 3.71. The molecule has 19 heavy (non-hydrogen) atoms. The van der Waals surface area contributed by atoms with Gasteiger partial charge in [-0.05, 0) is 32.8 Å². The maximum absolute atomic E-state index is 12.2. The largest absolute Gasteiger partial charge is 0.455 e. The summed E-state index contributed by atoms with van der Waals surface area (Å²) in [7, 11) is 0. The van der Waals surface area contributed by atoms with Crippen molar-refractivity contribution in [1.82, 2.24) is 0 Å². The monoisotopic (exact) mass is 261 g/mol. The second-order valence-corrected chi connectivity index (χ2v) is 5.68. The summed E-state index contributed by atoms with van der Waals surface area (Å²) in [5, 5.41) is 9.29. The van der Waals surface area contributed by atoms with E-state index in [2.05, 4.69) is 4.99 Å². The molecule has 1 N–H and O–H groups in total. The van der Waals surface area contributed by atoms with Gasteiger partial charge < -0.3 is 9.84 Å². The third-order valence-corrected chi connectivity index (χ3v) is 2.84. The second kappa shape index (κ2) is 5.13. The molecular formula is C15H19NO3. The van der Waals surface area contributed by atoms with Gasteiger partial charge >= 0.3 is 5.97 Å². The van der Waals surface area contributed by atoms with Crippen LogP contribution >= 0.6 is 0 Å². The fourth-order valence-corrected chi connectivity index (χ4v) is 2.08. The molecule has 1 heterocycles. The molecule has 1 aromatic rings.